The third-order valence-corrected chi connectivity index (χ3v) is 2.67. The molecule has 0 radical (unpaired) electrons. The van der Waals surface area contributed by atoms with Crippen molar-refractivity contribution < 1.29 is 4.42 Å². The highest BCUT2D eigenvalue weighted by Gasteiger charge is 1.96. The molecule has 17 heavy (non-hydrogen) atoms. The lowest BCUT2D eigenvalue weighted by atomic mass is 10.2. The first kappa shape index (κ1) is 11.7. The van der Waals surface area contributed by atoms with E-state index in [1.165, 1.54) is 0 Å². The summed E-state index contributed by atoms with van der Waals surface area (Å²) in [6.07, 6.45) is 3.74. The normalized spacial score (nSPS) is 10.4. The van der Waals surface area contributed by atoms with Gasteiger partial charge in [0.25, 0.3) is 0 Å². The highest BCUT2D eigenvalue weighted by atomic mass is 16.3. The van der Waals surface area contributed by atoms with E-state index in [1.54, 1.807) is 6.26 Å². The van der Waals surface area contributed by atoms with Crippen LogP contribution in [0.15, 0.2) is 47.1 Å². The minimum Gasteiger partial charge on any atom is -0.469 e. The van der Waals surface area contributed by atoms with Crippen LogP contribution in [-0.2, 0) is 13.0 Å². The predicted octanol–water partition coefficient (Wildman–Crippen LogP) is 2.78. The summed E-state index contributed by atoms with van der Waals surface area (Å²) in [5, 5.41) is 3.38. The molecule has 0 amide bonds. The average molecular weight is 230 g/mol. The summed E-state index contributed by atoms with van der Waals surface area (Å²) in [7, 11) is 0. The Hall–Kier alpha value is -1.74. The van der Waals surface area contributed by atoms with Crippen molar-refractivity contribution in [3.63, 3.8) is 0 Å². The molecule has 1 aromatic carbocycles. The molecular formula is C14H18N2O. The van der Waals surface area contributed by atoms with E-state index in [2.05, 4.69) is 17.4 Å². The van der Waals surface area contributed by atoms with Gasteiger partial charge in [0, 0.05) is 25.2 Å². The molecule has 0 spiro atoms. The summed E-state index contributed by atoms with van der Waals surface area (Å²) in [6, 6.07) is 12.1. The lowest BCUT2D eigenvalue weighted by Crippen LogP contribution is -2.04. The molecule has 3 N–H and O–H groups in total. The molecule has 0 fully saturated rings. The summed E-state index contributed by atoms with van der Waals surface area (Å²) in [4.78, 5) is 0. The van der Waals surface area contributed by atoms with Gasteiger partial charge in [-0.3, -0.25) is 0 Å². The van der Waals surface area contributed by atoms with Crippen LogP contribution in [0.25, 0.3) is 0 Å². The zero-order valence-electron chi connectivity index (χ0n) is 9.86. The van der Waals surface area contributed by atoms with Gasteiger partial charge >= 0.3 is 0 Å². The SMILES string of the molecule is NCc1cccc(NCCCc2ccco2)c1. The molecule has 0 aliphatic heterocycles. The van der Waals surface area contributed by atoms with Crippen LogP contribution < -0.4 is 11.1 Å². The Kier molecular flexibility index (Phi) is 4.22. The van der Waals surface area contributed by atoms with E-state index in [4.69, 9.17) is 10.2 Å². The van der Waals surface area contributed by atoms with Gasteiger partial charge in [-0.1, -0.05) is 12.1 Å². The number of rotatable bonds is 6. The van der Waals surface area contributed by atoms with Crippen molar-refractivity contribution in [1.82, 2.24) is 0 Å². The first-order chi connectivity index (χ1) is 8.38. The Balaban J connectivity index is 1.74. The lowest BCUT2D eigenvalue weighted by Gasteiger charge is -2.07. The first-order valence-corrected chi connectivity index (χ1v) is 5.94. The molecule has 0 aliphatic rings. The van der Waals surface area contributed by atoms with E-state index < -0.39 is 0 Å². The molecule has 0 saturated heterocycles. The Morgan fingerprint density at radius 2 is 2.12 bits per heavy atom. The number of nitrogens with one attached hydrogen (secondary N) is 1. The van der Waals surface area contributed by atoms with Gasteiger partial charge in [0.2, 0.25) is 0 Å². The fraction of sp³-hybridized carbons (Fsp3) is 0.286. The summed E-state index contributed by atoms with van der Waals surface area (Å²) in [5.41, 5.74) is 7.88. The zero-order chi connectivity index (χ0) is 11.9. The molecule has 0 saturated carbocycles. The molecule has 0 aliphatic carbocycles. The largest absolute Gasteiger partial charge is 0.469 e. The van der Waals surface area contributed by atoms with Crippen LogP contribution in [0, 0.1) is 0 Å². The van der Waals surface area contributed by atoms with E-state index in [9.17, 15) is 0 Å². The minimum atomic E-state index is 0.585. The fourth-order valence-corrected chi connectivity index (χ4v) is 1.76. The number of hydrogen-bond acceptors (Lipinski definition) is 3. The zero-order valence-corrected chi connectivity index (χ0v) is 9.86. The molecule has 3 nitrogen and oxygen atoms in total. The highest BCUT2D eigenvalue weighted by molar-refractivity contribution is 5.45. The van der Waals surface area contributed by atoms with E-state index in [0.717, 1.165) is 36.4 Å². The molecule has 1 heterocycles. The van der Waals surface area contributed by atoms with E-state index >= 15 is 0 Å². The van der Waals surface area contributed by atoms with Crippen LogP contribution in [0.4, 0.5) is 5.69 Å². The molecule has 90 valence electrons. The number of furan rings is 1. The third kappa shape index (κ3) is 3.64. The topological polar surface area (TPSA) is 51.2 Å². The molecule has 2 rings (SSSR count). The van der Waals surface area contributed by atoms with Gasteiger partial charge in [-0.05, 0) is 36.2 Å². The molecule has 0 unspecified atom stereocenters. The maximum absolute atomic E-state index is 5.60. The summed E-state index contributed by atoms with van der Waals surface area (Å²) in [5.74, 6) is 1.04. The van der Waals surface area contributed by atoms with Gasteiger partial charge in [-0.2, -0.15) is 0 Å². The van der Waals surface area contributed by atoms with Crippen LogP contribution in [0.3, 0.4) is 0 Å². The number of anilines is 1. The van der Waals surface area contributed by atoms with Gasteiger partial charge in [-0.25, -0.2) is 0 Å². The summed E-state index contributed by atoms with van der Waals surface area (Å²) < 4.78 is 5.28. The number of benzene rings is 1. The number of hydrogen-bond donors (Lipinski definition) is 2. The maximum Gasteiger partial charge on any atom is 0.103 e. The molecule has 2 aromatic rings. The quantitative estimate of drug-likeness (QED) is 0.750. The van der Waals surface area contributed by atoms with E-state index in [0.29, 0.717) is 6.54 Å². The van der Waals surface area contributed by atoms with Gasteiger partial charge in [0.05, 0.1) is 6.26 Å². The maximum atomic E-state index is 5.60. The molecule has 3 heteroatoms. The van der Waals surface area contributed by atoms with Crippen LogP contribution in [-0.4, -0.2) is 6.54 Å². The molecule has 0 bridgehead atoms. The van der Waals surface area contributed by atoms with E-state index in [-0.39, 0.29) is 0 Å². The Bertz CT molecular complexity index is 437. The number of nitrogens with two attached hydrogens (primary N) is 1. The fourth-order valence-electron chi connectivity index (χ4n) is 1.76. The van der Waals surface area contributed by atoms with Gasteiger partial charge < -0.3 is 15.5 Å². The van der Waals surface area contributed by atoms with Crippen molar-refractivity contribution in [2.75, 3.05) is 11.9 Å². The second-order valence-corrected chi connectivity index (χ2v) is 4.01. The second-order valence-electron chi connectivity index (χ2n) is 4.01. The van der Waals surface area contributed by atoms with Crippen molar-refractivity contribution in [3.8, 4) is 0 Å². The van der Waals surface area contributed by atoms with E-state index in [1.807, 2.05) is 24.3 Å². The average Bonchev–Trinajstić information content (AvgIpc) is 2.88. The third-order valence-electron chi connectivity index (χ3n) is 2.67. The van der Waals surface area contributed by atoms with Crippen molar-refractivity contribution in [2.45, 2.75) is 19.4 Å². The van der Waals surface area contributed by atoms with Crippen molar-refractivity contribution in [1.29, 1.82) is 0 Å². The van der Waals surface area contributed by atoms with Gasteiger partial charge in [-0.15, -0.1) is 0 Å². The minimum absolute atomic E-state index is 0.585. The van der Waals surface area contributed by atoms with Gasteiger partial charge in [0.15, 0.2) is 0 Å². The van der Waals surface area contributed by atoms with Crippen molar-refractivity contribution in [2.24, 2.45) is 5.73 Å². The Labute approximate surface area is 102 Å². The molecule has 1 aromatic heterocycles. The van der Waals surface area contributed by atoms with Crippen LogP contribution in [0.1, 0.15) is 17.7 Å². The lowest BCUT2D eigenvalue weighted by molar-refractivity contribution is 0.504. The monoisotopic (exact) mass is 230 g/mol. The smallest absolute Gasteiger partial charge is 0.103 e. The van der Waals surface area contributed by atoms with Crippen molar-refractivity contribution in [3.05, 3.63) is 54.0 Å². The highest BCUT2D eigenvalue weighted by Crippen LogP contribution is 2.10. The number of aryl methyl sites for hydroxylation is 1. The molecular weight excluding hydrogens is 212 g/mol. The first-order valence-electron chi connectivity index (χ1n) is 5.94. The summed E-state index contributed by atoms with van der Waals surface area (Å²) >= 11 is 0. The standard InChI is InChI=1S/C14H18N2O/c15-11-12-4-1-5-13(10-12)16-8-2-6-14-7-3-9-17-14/h1,3-5,7,9-10,16H,2,6,8,11,15H2. The Morgan fingerprint density at radius 3 is 2.88 bits per heavy atom. The van der Waals surface area contributed by atoms with Crippen LogP contribution in [0.2, 0.25) is 0 Å². The van der Waals surface area contributed by atoms with Crippen LogP contribution >= 0.6 is 0 Å². The second kappa shape index (κ2) is 6.11. The van der Waals surface area contributed by atoms with Crippen molar-refractivity contribution >= 4 is 5.69 Å². The predicted molar refractivity (Wildman–Crippen MR) is 69.9 cm³/mol. The summed E-state index contributed by atoms with van der Waals surface area (Å²) in [6.45, 7) is 1.52. The Morgan fingerprint density at radius 1 is 1.18 bits per heavy atom. The molecule has 0 atom stereocenters. The van der Waals surface area contributed by atoms with Crippen LogP contribution in [0.5, 0.6) is 0 Å². The van der Waals surface area contributed by atoms with Gasteiger partial charge in [0.1, 0.15) is 5.76 Å².